The highest BCUT2D eigenvalue weighted by Crippen LogP contribution is 2.26. The second-order valence-corrected chi connectivity index (χ2v) is 9.45. The smallest absolute Gasteiger partial charge is 0.248 e. The molecule has 0 spiro atoms. The molecule has 1 atom stereocenters. The molecule has 0 radical (unpaired) electrons. The van der Waals surface area contributed by atoms with Gasteiger partial charge in [-0.15, -0.1) is 22.7 Å². The molecule has 3 heterocycles. The lowest BCUT2D eigenvalue weighted by Gasteiger charge is -2.23. The lowest BCUT2D eigenvalue weighted by Crippen LogP contribution is -2.43. The van der Waals surface area contributed by atoms with E-state index in [1.54, 1.807) is 22.4 Å². The Hall–Kier alpha value is -2.22. The molecule has 8 heteroatoms. The van der Waals surface area contributed by atoms with E-state index >= 15 is 0 Å². The van der Waals surface area contributed by atoms with Gasteiger partial charge in [-0.05, 0) is 35.9 Å². The quantitative estimate of drug-likeness (QED) is 0.602. The molecule has 1 saturated heterocycles. The number of nitrogens with zero attached hydrogens (tertiary/aromatic N) is 2. The normalized spacial score (nSPS) is 16.2. The van der Waals surface area contributed by atoms with Gasteiger partial charge in [0.1, 0.15) is 6.04 Å². The summed E-state index contributed by atoms with van der Waals surface area (Å²) in [5, 5.41) is 6.12. The number of likely N-dealkylation sites (tertiary alicyclic amines) is 1. The Bertz CT molecular complexity index is 1000. The molecule has 1 aromatic carbocycles. The number of thiazole rings is 1. The average Bonchev–Trinajstić information content (AvgIpc) is 3.45. The molecule has 0 bridgehead atoms. The van der Waals surface area contributed by atoms with Gasteiger partial charge in [-0.25, -0.2) is 4.98 Å². The second-order valence-electron chi connectivity index (χ2n) is 6.89. The number of aromatic nitrogens is 1. The maximum atomic E-state index is 12.8. The number of rotatable bonds is 6. The van der Waals surface area contributed by atoms with Gasteiger partial charge in [0, 0.05) is 33.9 Å². The third kappa shape index (κ3) is 4.86. The van der Waals surface area contributed by atoms with Crippen LogP contribution < -0.4 is 5.32 Å². The molecule has 1 aliphatic rings. The topological polar surface area (TPSA) is 62.3 Å². The number of thiophene rings is 1. The van der Waals surface area contributed by atoms with Crippen LogP contribution in [0, 0.1) is 0 Å². The zero-order valence-electron chi connectivity index (χ0n) is 15.6. The molecule has 1 N–H and O–H groups in total. The van der Waals surface area contributed by atoms with E-state index in [-0.39, 0.29) is 11.8 Å². The van der Waals surface area contributed by atoms with Crippen molar-refractivity contribution in [1.82, 2.24) is 9.88 Å². The Morgan fingerprint density at radius 1 is 1.21 bits per heavy atom. The van der Waals surface area contributed by atoms with E-state index in [1.165, 1.54) is 11.3 Å². The predicted octanol–water partition coefficient (Wildman–Crippen LogP) is 4.62. The van der Waals surface area contributed by atoms with Crippen molar-refractivity contribution < 1.29 is 9.59 Å². The van der Waals surface area contributed by atoms with E-state index in [0.29, 0.717) is 30.9 Å². The van der Waals surface area contributed by atoms with Gasteiger partial charge in [-0.3, -0.25) is 9.59 Å². The minimum absolute atomic E-state index is 0.00338. The molecule has 0 saturated carbocycles. The lowest BCUT2D eigenvalue weighted by atomic mass is 10.1. The fourth-order valence-corrected chi connectivity index (χ4v) is 5.20. The van der Waals surface area contributed by atoms with Gasteiger partial charge in [-0.1, -0.05) is 35.9 Å². The van der Waals surface area contributed by atoms with Crippen LogP contribution in [0.5, 0.6) is 0 Å². The van der Waals surface area contributed by atoms with Crippen molar-refractivity contribution in [3.8, 4) is 0 Å². The number of amides is 2. The largest absolute Gasteiger partial charge is 0.330 e. The van der Waals surface area contributed by atoms with Gasteiger partial charge in [-0.2, -0.15) is 0 Å². The summed E-state index contributed by atoms with van der Waals surface area (Å²) in [6.45, 7) is 0.623. The summed E-state index contributed by atoms with van der Waals surface area (Å²) in [6.07, 6.45) is 4.30. The molecule has 4 rings (SSSR count). The van der Waals surface area contributed by atoms with Gasteiger partial charge in [0.2, 0.25) is 11.8 Å². The average molecular weight is 446 g/mol. The number of anilines is 1. The number of hydrogen-bond acceptors (Lipinski definition) is 5. The van der Waals surface area contributed by atoms with Crippen molar-refractivity contribution in [2.45, 2.75) is 31.7 Å². The molecule has 0 aliphatic carbocycles. The van der Waals surface area contributed by atoms with Crippen molar-refractivity contribution in [3.63, 3.8) is 0 Å². The highest BCUT2D eigenvalue weighted by molar-refractivity contribution is 7.15. The molecule has 1 unspecified atom stereocenters. The zero-order valence-corrected chi connectivity index (χ0v) is 18.0. The summed E-state index contributed by atoms with van der Waals surface area (Å²) in [4.78, 5) is 33.5. The van der Waals surface area contributed by atoms with Gasteiger partial charge in [0.15, 0.2) is 5.13 Å². The third-order valence-corrected chi connectivity index (χ3v) is 7.05. The highest BCUT2D eigenvalue weighted by atomic mass is 35.5. The van der Waals surface area contributed by atoms with Crippen molar-refractivity contribution >= 4 is 51.2 Å². The van der Waals surface area contributed by atoms with Gasteiger partial charge < -0.3 is 10.2 Å². The molecule has 5 nitrogen and oxygen atoms in total. The van der Waals surface area contributed by atoms with Crippen molar-refractivity contribution in [2.75, 3.05) is 11.9 Å². The summed E-state index contributed by atoms with van der Waals surface area (Å²) in [6, 6.07) is 11.1. The number of carbonyl (C=O) groups excluding carboxylic acids is 2. The summed E-state index contributed by atoms with van der Waals surface area (Å²) in [5.41, 5.74) is 1.02. The first-order valence-electron chi connectivity index (χ1n) is 9.41. The second kappa shape index (κ2) is 9.07. The monoisotopic (exact) mass is 445 g/mol. The van der Waals surface area contributed by atoms with E-state index in [1.807, 2.05) is 41.8 Å². The van der Waals surface area contributed by atoms with Crippen molar-refractivity contribution in [3.05, 3.63) is 68.3 Å². The van der Waals surface area contributed by atoms with Crippen molar-refractivity contribution in [1.29, 1.82) is 0 Å². The fraction of sp³-hybridized carbons (Fsp3) is 0.286. The lowest BCUT2D eigenvalue weighted by molar-refractivity contribution is -0.136. The maximum absolute atomic E-state index is 12.8. The first-order chi connectivity index (χ1) is 14.1. The predicted molar refractivity (Wildman–Crippen MR) is 118 cm³/mol. The van der Waals surface area contributed by atoms with Gasteiger partial charge in [0.05, 0.1) is 6.42 Å². The van der Waals surface area contributed by atoms with Crippen molar-refractivity contribution in [2.24, 2.45) is 0 Å². The number of benzene rings is 1. The summed E-state index contributed by atoms with van der Waals surface area (Å²) < 4.78 is 0. The molecule has 2 aromatic heterocycles. The van der Waals surface area contributed by atoms with Gasteiger partial charge in [0.25, 0.3) is 0 Å². The van der Waals surface area contributed by atoms with Crippen LogP contribution in [0.15, 0.2) is 48.0 Å². The van der Waals surface area contributed by atoms with Gasteiger partial charge >= 0.3 is 0 Å². The van der Waals surface area contributed by atoms with Crippen LogP contribution in [-0.4, -0.2) is 34.3 Å². The van der Waals surface area contributed by atoms with Crippen LogP contribution in [0.4, 0.5) is 5.13 Å². The number of nitrogens with one attached hydrogen (secondary N) is 1. The number of carbonyl (C=O) groups is 2. The molecular weight excluding hydrogens is 426 g/mol. The molecular formula is C21H20ClN3O2S2. The Kier molecular flexibility index (Phi) is 6.28. The Labute approximate surface area is 182 Å². The van der Waals surface area contributed by atoms with Crippen LogP contribution in [-0.2, 0) is 22.4 Å². The van der Waals surface area contributed by atoms with Crippen LogP contribution in [0.2, 0.25) is 5.02 Å². The minimum atomic E-state index is -0.432. The molecule has 1 fully saturated rings. The third-order valence-electron chi connectivity index (χ3n) is 4.89. The number of hydrogen-bond donors (Lipinski definition) is 1. The number of halogens is 1. The van der Waals surface area contributed by atoms with E-state index < -0.39 is 6.04 Å². The van der Waals surface area contributed by atoms with Crippen LogP contribution in [0.25, 0.3) is 0 Å². The first kappa shape index (κ1) is 20.1. The minimum Gasteiger partial charge on any atom is -0.330 e. The molecule has 3 aromatic rings. The van der Waals surface area contributed by atoms with Crippen LogP contribution in [0.3, 0.4) is 0 Å². The molecule has 29 heavy (non-hydrogen) atoms. The Morgan fingerprint density at radius 3 is 2.86 bits per heavy atom. The molecule has 150 valence electrons. The SMILES string of the molecule is O=C(Nc1ncc(Cc2ccccc2Cl)s1)C1CCCN1C(=O)Cc1cccs1. The Balaban J connectivity index is 1.38. The van der Waals surface area contributed by atoms with E-state index in [2.05, 4.69) is 10.3 Å². The Morgan fingerprint density at radius 2 is 2.07 bits per heavy atom. The van der Waals surface area contributed by atoms with Crippen LogP contribution >= 0.6 is 34.3 Å². The summed E-state index contributed by atoms with van der Waals surface area (Å²) in [7, 11) is 0. The molecule has 2 amide bonds. The van der Waals surface area contributed by atoms with E-state index in [0.717, 1.165) is 26.8 Å². The van der Waals surface area contributed by atoms with E-state index in [4.69, 9.17) is 11.6 Å². The first-order valence-corrected chi connectivity index (χ1v) is 11.5. The summed E-state index contributed by atoms with van der Waals surface area (Å²) >= 11 is 9.22. The van der Waals surface area contributed by atoms with E-state index in [9.17, 15) is 9.59 Å². The highest BCUT2D eigenvalue weighted by Gasteiger charge is 2.34. The summed E-state index contributed by atoms with van der Waals surface area (Å²) in [5.74, 6) is -0.163. The standard InChI is InChI=1S/C21H20ClN3O2S2/c22-17-7-2-1-5-14(17)11-16-13-23-21(29-16)24-20(27)18-8-3-9-25(18)19(26)12-15-6-4-10-28-15/h1-2,4-7,10,13,18H,3,8-9,11-12H2,(H,23,24,27). The zero-order chi connectivity index (χ0) is 20.2. The maximum Gasteiger partial charge on any atom is 0.248 e. The van der Waals surface area contributed by atoms with Crippen LogP contribution in [0.1, 0.15) is 28.2 Å². The molecule has 1 aliphatic heterocycles. The fourth-order valence-electron chi connectivity index (χ4n) is 3.47.